The number of aliphatic hydroxyl groups is 3. The molecule has 2 unspecified atom stereocenters. The molecule has 1 spiro atoms. The van der Waals surface area contributed by atoms with Crippen LogP contribution in [0.1, 0.15) is 65.2 Å². The molecular weight excluding hydrogens is 320 g/mol. The molecular formula is C20H32O5. The monoisotopic (exact) mass is 352 g/mol. The summed E-state index contributed by atoms with van der Waals surface area (Å²) in [6.45, 7) is 3.81. The summed E-state index contributed by atoms with van der Waals surface area (Å²) in [5.74, 6) is -0.356. The second kappa shape index (κ2) is 5.20. The Hall–Kier alpha value is -0.650. The summed E-state index contributed by atoms with van der Waals surface area (Å²) in [5.41, 5.74) is -2.12. The average molecular weight is 352 g/mol. The summed E-state index contributed by atoms with van der Waals surface area (Å²) in [6.07, 6.45) is 5.85. The first-order chi connectivity index (χ1) is 11.6. The average Bonchev–Trinajstić information content (AvgIpc) is 2.78. The smallest absolute Gasteiger partial charge is 0.312 e. The van der Waals surface area contributed by atoms with Gasteiger partial charge in [-0.1, -0.05) is 6.92 Å². The van der Waals surface area contributed by atoms with Gasteiger partial charge in [0.05, 0.1) is 23.7 Å². The number of carboxylic acids is 1. The van der Waals surface area contributed by atoms with Gasteiger partial charge in [0.2, 0.25) is 0 Å². The molecule has 4 aliphatic rings. The molecule has 4 rings (SSSR count). The number of aliphatic hydroxyl groups excluding tert-OH is 2. The lowest BCUT2D eigenvalue weighted by Crippen LogP contribution is -2.62. The van der Waals surface area contributed by atoms with Crippen LogP contribution in [0, 0.1) is 34.0 Å². The fourth-order valence-corrected chi connectivity index (χ4v) is 8.01. The van der Waals surface area contributed by atoms with Crippen LogP contribution in [0.5, 0.6) is 0 Å². The second-order valence-corrected chi connectivity index (χ2v) is 10.1. The van der Waals surface area contributed by atoms with Crippen molar-refractivity contribution in [3.63, 3.8) is 0 Å². The van der Waals surface area contributed by atoms with Crippen LogP contribution in [-0.2, 0) is 4.79 Å². The van der Waals surface area contributed by atoms with E-state index < -0.39 is 23.1 Å². The van der Waals surface area contributed by atoms with Crippen LogP contribution in [-0.4, -0.2) is 44.7 Å². The van der Waals surface area contributed by atoms with Crippen molar-refractivity contribution in [2.45, 2.75) is 76.9 Å². The molecule has 0 amide bonds. The second-order valence-electron chi connectivity index (χ2n) is 10.1. The molecule has 0 aromatic heterocycles. The fourth-order valence-electron chi connectivity index (χ4n) is 8.01. The van der Waals surface area contributed by atoms with Gasteiger partial charge in [0.1, 0.15) is 0 Å². The van der Waals surface area contributed by atoms with Gasteiger partial charge in [-0.2, -0.15) is 0 Å². The molecule has 0 aromatic carbocycles. The predicted octanol–water partition coefficient (Wildman–Crippen LogP) is 2.18. The summed E-state index contributed by atoms with van der Waals surface area (Å²) in [4.78, 5) is 12.1. The van der Waals surface area contributed by atoms with E-state index in [0.717, 1.165) is 38.5 Å². The van der Waals surface area contributed by atoms with E-state index in [0.29, 0.717) is 18.8 Å². The van der Waals surface area contributed by atoms with Gasteiger partial charge in [0.25, 0.3) is 0 Å². The SMILES string of the molecule is C[C@@]12CC[C@H](O)[C@@](C)(C(=O)O)C1CC[C@@]13C[C@H](CCC12)[C@@](O)(CO)C3. The summed E-state index contributed by atoms with van der Waals surface area (Å²) < 4.78 is 0. The maximum Gasteiger partial charge on any atom is 0.312 e. The van der Waals surface area contributed by atoms with Gasteiger partial charge in [-0.25, -0.2) is 0 Å². The largest absolute Gasteiger partial charge is 0.481 e. The van der Waals surface area contributed by atoms with Gasteiger partial charge in [-0.15, -0.1) is 0 Å². The Morgan fingerprint density at radius 1 is 1.08 bits per heavy atom. The molecule has 4 saturated carbocycles. The number of carboxylic acid groups (broad SMARTS) is 1. The maximum atomic E-state index is 12.1. The van der Waals surface area contributed by atoms with Crippen molar-refractivity contribution in [2.24, 2.45) is 34.0 Å². The van der Waals surface area contributed by atoms with Crippen molar-refractivity contribution in [3.8, 4) is 0 Å². The first-order valence-electron chi connectivity index (χ1n) is 9.87. The zero-order valence-electron chi connectivity index (χ0n) is 15.4. The normalized spacial score (nSPS) is 57.6. The highest BCUT2D eigenvalue weighted by Gasteiger charge is 2.69. The van der Waals surface area contributed by atoms with Crippen LogP contribution in [0.25, 0.3) is 0 Å². The van der Waals surface area contributed by atoms with Crippen molar-refractivity contribution >= 4 is 5.97 Å². The highest BCUT2D eigenvalue weighted by atomic mass is 16.4. The Kier molecular flexibility index (Phi) is 3.69. The first kappa shape index (κ1) is 17.7. The topological polar surface area (TPSA) is 98.0 Å². The third-order valence-corrected chi connectivity index (χ3v) is 9.24. The Morgan fingerprint density at radius 3 is 2.44 bits per heavy atom. The van der Waals surface area contributed by atoms with Gasteiger partial charge in [0.15, 0.2) is 0 Å². The summed E-state index contributed by atoms with van der Waals surface area (Å²) in [7, 11) is 0. The molecule has 5 nitrogen and oxygen atoms in total. The minimum atomic E-state index is -1.09. The highest BCUT2D eigenvalue weighted by molar-refractivity contribution is 5.76. The van der Waals surface area contributed by atoms with E-state index in [-0.39, 0.29) is 29.3 Å². The van der Waals surface area contributed by atoms with E-state index in [1.807, 2.05) is 0 Å². The number of rotatable bonds is 2. The molecule has 0 heterocycles. The van der Waals surface area contributed by atoms with Gasteiger partial charge in [-0.05, 0) is 86.9 Å². The molecule has 2 bridgehead atoms. The molecule has 0 aromatic rings. The zero-order chi connectivity index (χ0) is 18.3. The number of carbonyl (C=O) groups is 1. The van der Waals surface area contributed by atoms with E-state index >= 15 is 0 Å². The van der Waals surface area contributed by atoms with Crippen molar-refractivity contribution in [1.29, 1.82) is 0 Å². The quantitative estimate of drug-likeness (QED) is 0.611. The molecule has 142 valence electrons. The van der Waals surface area contributed by atoms with Crippen LogP contribution in [0.2, 0.25) is 0 Å². The predicted molar refractivity (Wildman–Crippen MR) is 91.7 cm³/mol. The van der Waals surface area contributed by atoms with Crippen LogP contribution in [0.15, 0.2) is 0 Å². The van der Waals surface area contributed by atoms with Gasteiger partial charge >= 0.3 is 5.97 Å². The molecule has 4 N–H and O–H groups in total. The van der Waals surface area contributed by atoms with Crippen LogP contribution >= 0.6 is 0 Å². The highest BCUT2D eigenvalue weighted by Crippen LogP contribution is 2.72. The molecule has 0 radical (unpaired) electrons. The first-order valence-corrected chi connectivity index (χ1v) is 9.87. The van der Waals surface area contributed by atoms with Crippen LogP contribution < -0.4 is 0 Å². The van der Waals surface area contributed by atoms with E-state index in [1.54, 1.807) is 6.92 Å². The maximum absolute atomic E-state index is 12.1. The zero-order valence-corrected chi connectivity index (χ0v) is 15.4. The van der Waals surface area contributed by atoms with E-state index in [2.05, 4.69) is 6.92 Å². The Balaban J connectivity index is 1.74. The minimum absolute atomic E-state index is 0.0313. The molecule has 0 aliphatic heterocycles. The minimum Gasteiger partial charge on any atom is -0.481 e. The Morgan fingerprint density at radius 2 is 1.80 bits per heavy atom. The van der Waals surface area contributed by atoms with Gasteiger partial charge in [0, 0.05) is 0 Å². The van der Waals surface area contributed by atoms with Crippen molar-refractivity contribution in [3.05, 3.63) is 0 Å². The third kappa shape index (κ3) is 2.03. The van der Waals surface area contributed by atoms with Gasteiger partial charge < -0.3 is 20.4 Å². The lowest BCUT2D eigenvalue weighted by atomic mass is 9.40. The molecule has 5 heteroatoms. The van der Waals surface area contributed by atoms with Crippen molar-refractivity contribution in [1.82, 2.24) is 0 Å². The van der Waals surface area contributed by atoms with Crippen LogP contribution in [0.3, 0.4) is 0 Å². The van der Waals surface area contributed by atoms with Crippen molar-refractivity contribution < 1.29 is 25.2 Å². The molecule has 25 heavy (non-hydrogen) atoms. The fraction of sp³-hybridized carbons (Fsp3) is 0.950. The molecule has 4 fully saturated rings. The summed E-state index contributed by atoms with van der Waals surface area (Å²) >= 11 is 0. The number of hydrogen-bond donors (Lipinski definition) is 4. The lowest BCUT2D eigenvalue weighted by Gasteiger charge is -2.64. The van der Waals surface area contributed by atoms with E-state index in [4.69, 9.17) is 0 Å². The molecule has 8 atom stereocenters. The van der Waals surface area contributed by atoms with Crippen LogP contribution in [0.4, 0.5) is 0 Å². The van der Waals surface area contributed by atoms with E-state index in [1.165, 1.54) is 0 Å². The van der Waals surface area contributed by atoms with Gasteiger partial charge in [-0.3, -0.25) is 4.79 Å². The Labute approximate surface area is 149 Å². The number of fused-ring (bicyclic) bond motifs is 3. The summed E-state index contributed by atoms with van der Waals surface area (Å²) in [5, 5.41) is 41.2. The summed E-state index contributed by atoms with van der Waals surface area (Å²) in [6, 6.07) is 0. The van der Waals surface area contributed by atoms with E-state index in [9.17, 15) is 25.2 Å². The third-order valence-electron chi connectivity index (χ3n) is 9.24. The van der Waals surface area contributed by atoms with Crippen molar-refractivity contribution in [2.75, 3.05) is 6.61 Å². The Bertz CT molecular complexity index is 593. The number of aliphatic carboxylic acids is 1. The number of hydrogen-bond acceptors (Lipinski definition) is 4. The molecule has 4 aliphatic carbocycles. The molecule has 0 saturated heterocycles. The lowest BCUT2D eigenvalue weighted by molar-refractivity contribution is -0.204. The standard InChI is InChI=1S/C20H32O5/c1-17-7-6-15(22)18(2,16(23)24)13(17)5-8-19-9-12(3-4-14(17)19)20(25,10-19)11-21/h12-15,21-22,25H,3-11H2,1-2H3,(H,23,24)/t12-,13?,14?,15-,17+,18-,19-,20-/m0/s1.